The topological polar surface area (TPSA) is 115 Å². The molecular formula is C10H18N6O2. The summed E-state index contributed by atoms with van der Waals surface area (Å²) in [5, 5.41) is 5.66. The molecule has 0 fully saturated rings. The molecule has 8 nitrogen and oxygen atoms in total. The number of nitrogen functional groups attached to an aromatic ring is 1. The lowest BCUT2D eigenvalue weighted by Crippen LogP contribution is -2.26. The average molecular weight is 254 g/mol. The Balaban J connectivity index is 2.39. The Hall–Kier alpha value is -2.12. The van der Waals surface area contributed by atoms with E-state index < -0.39 is 0 Å². The summed E-state index contributed by atoms with van der Waals surface area (Å²) in [4.78, 5) is 22.9. The predicted octanol–water partition coefficient (Wildman–Crippen LogP) is -0.209. The van der Waals surface area contributed by atoms with Gasteiger partial charge in [0, 0.05) is 19.5 Å². The largest absolute Gasteiger partial charge is 0.467 e. The lowest BCUT2D eigenvalue weighted by Gasteiger charge is -2.06. The number of rotatable bonds is 7. The number of nitrogens with one attached hydrogen (secondary N) is 2. The van der Waals surface area contributed by atoms with Gasteiger partial charge in [-0.25, -0.2) is 0 Å². The number of nitrogens with two attached hydrogens (primary N) is 1. The number of anilines is 2. The van der Waals surface area contributed by atoms with Gasteiger partial charge in [-0.3, -0.25) is 4.79 Å². The minimum Gasteiger partial charge on any atom is -0.467 e. The van der Waals surface area contributed by atoms with Crippen LogP contribution in [0.25, 0.3) is 0 Å². The highest BCUT2D eigenvalue weighted by Crippen LogP contribution is 2.07. The summed E-state index contributed by atoms with van der Waals surface area (Å²) >= 11 is 0. The smallest absolute Gasteiger partial charge is 0.322 e. The molecule has 0 aliphatic heterocycles. The van der Waals surface area contributed by atoms with Crippen LogP contribution in [0.3, 0.4) is 0 Å². The van der Waals surface area contributed by atoms with Crippen LogP contribution in [0.15, 0.2) is 0 Å². The first kappa shape index (κ1) is 13.9. The molecule has 0 unspecified atom stereocenters. The van der Waals surface area contributed by atoms with Crippen molar-refractivity contribution in [3.8, 4) is 6.01 Å². The van der Waals surface area contributed by atoms with Crippen molar-refractivity contribution in [3.05, 3.63) is 0 Å². The number of methoxy groups -OCH3 is 1. The third kappa shape index (κ3) is 4.81. The Labute approximate surface area is 105 Å². The zero-order valence-electron chi connectivity index (χ0n) is 10.6. The molecule has 0 radical (unpaired) electrons. The van der Waals surface area contributed by atoms with Crippen molar-refractivity contribution in [3.63, 3.8) is 0 Å². The highest BCUT2D eigenvalue weighted by atomic mass is 16.5. The van der Waals surface area contributed by atoms with Gasteiger partial charge in [0.1, 0.15) is 0 Å². The van der Waals surface area contributed by atoms with Gasteiger partial charge in [-0.15, -0.1) is 0 Å². The van der Waals surface area contributed by atoms with E-state index in [0.717, 1.165) is 6.42 Å². The summed E-state index contributed by atoms with van der Waals surface area (Å²) in [5.41, 5.74) is 5.47. The van der Waals surface area contributed by atoms with Crippen molar-refractivity contribution in [1.29, 1.82) is 0 Å². The normalized spacial score (nSPS) is 9.89. The molecule has 0 bridgehead atoms. The minimum atomic E-state index is -0.0154. The molecular weight excluding hydrogens is 236 g/mol. The van der Waals surface area contributed by atoms with Crippen molar-refractivity contribution >= 4 is 17.8 Å². The quantitative estimate of drug-likeness (QED) is 0.616. The number of carbonyl (C=O) groups excluding carboxylic acids is 1. The third-order valence-corrected chi connectivity index (χ3v) is 2.02. The van der Waals surface area contributed by atoms with E-state index in [0.29, 0.717) is 25.5 Å². The molecule has 0 aliphatic rings. The summed E-state index contributed by atoms with van der Waals surface area (Å²) in [5.74, 6) is 0.348. The Morgan fingerprint density at radius 3 is 2.78 bits per heavy atom. The van der Waals surface area contributed by atoms with E-state index in [1.165, 1.54) is 7.11 Å². The number of aromatic nitrogens is 3. The van der Waals surface area contributed by atoms with Gasteiger partial charge in [0.2, 0.25) is 17.8 Å². The van der Waals surface area contributed by atoms with Gasteiger partial charge in [-0.05, 0) is 6.42 Å². The molecule has 0 saturated heterocycles. The Bertz CT molecular complexity index is 398. The van der Waals surface area contributed by atoms with Crippen LogP contribution < -0.4 is 21.1 Å². The molecule has 0 saturated carbocycles. The lowest BCUT2D eigenvalue weighted by atomic mass is 10.4. The number of carbonyl (C=O) groups is 1. The highest BCUT2D eigenvalue weighted by Gasteiger charge is 2.05. The van der Waals surface area contributed by atoms with Crippen molar-refractivity contribution in [1.82, 2.24) is 20.3 Å². The average Bonchev–Trinajstić information content (AvgIpc) is 2.35. The van der Waals surface area contributed by atoms with Gasteiger partial charge in [-0.2, -0.15) is 15.0 Å². The second-order valence-electron chi connectivity index (χ2n) is 3.53. The first-order valence-electron chi connectivity index (χ1n) is 5.71. The second-order valence-corrected chi connectivity index (χ2v) is 3.53. The first-order valence-corrected chi connectivity index (χ1v) is 5.71. The molecule has 0 atom stereocenters. The number of ether oxygens (including phenoxy) is 1. The van der Waals surface area contributed by atoms with Gasteiger partial charge in [0.15, 0.2) is 0 Å². The molecule has 0 aliphatic carbocycles. The number of amides is 1. The standard InChI is InChI=1S/C10H18N6O2/c1-3-5-12-7(17)4-6-13-9-14-8(11)15-10(16-9)18-2/h3-6H2,1-2H3,(H,12,17)(H3,11,13,14,15,16). The molecule has 1 amide bonds. The van der Waals surface area contributed by atoms with Gasteiger partial charge in [0.25, 0.3) is 0 Å². The zero-order valence-corrected chi connectivity index (χ0v) is 10.6. The van der Waals surface area contributed by atoms with Crippen LogP contribution in [-0.4, -0.2) is 41.1 Å². The molecule has 100 valence electrons. The Morgan fingerprint density at radius 1 is 1.33 bits per heavy atom. The van der Waals surface area contributed by atoms with Crippen LogP contribution in [-0.2, 0) is 4.79 Å². The van der Waals surface area contributed by atoms with Gasteiger partial charge in [-0.1, -0.05) is 6.92 Å². The fourth-order valence-corrected chi connectivity index (χ4v) is 1.18. The number of hydrogen-bond acceptors (Lipinski definition) is 7. The highest BCUT2D eigenvalue weighted by molar-refractivity contribution is 5.76. The number of nitrogens with zero attached hydrogens (tertiary/aromatic N) is 3. The zero-order chi connectivity index (χ0) is 13.4. The van der Waals surface area contributed by atoms with Crippen molar-refractivity contribution < 1.29 is 9.53 Å². The SMILES string of the molecule is CCCNC(=O)CCNc1nc(N)nc(OC)n1. The van der Waals surface area contributed by atoms with Crippen molar-refractivity contribution in [2.24, 2.45) is 0 Å². The first-order chi connectivity index (χ1) is 8.65. The molecule has 1 heterocycles. The van der Waals surface area contributed by atoms with Crippen molar-refractivity contribution in [2.75, 3.05) is 31.2 Å². The van der Waals surface area contributed by atoms with E-state index in [1.807, 2.05) is 6.92 Å². The molecule has 8 heteroatoms. The van der Waals surface area contributed by atoms with Crippen LogP contribution >= 0.6 is 0 Å². The van der Waals surface area contributed by atoms with Gasteiger partial charge < -0.3 is 21.1 Å². The summed E-state index contributed by atoms with van der Waals surface area (Å²) in [6.45, 7) is 3.10. The molecule has 1 rings (SSSR count). The summed E-state index contributed by atoms with van der Waals surface area (Å²) in [7, 11) is 1.44. The summed E-state index contributed by atoms with van der Waals surface area (Å²) in [6.07, 6.45) is 1.26. The van der Waals surface area contributed by atoms with E-state index in [2.05, 4.69) is 25.6 Å². The fraction of sp³-hybridized carbons (Fsp3) is 0.600. The van der Waals surface area contributed by atoms with Crippen LogP contribution in [0, 0.1) is 0 Å². The van der Waals surface area contributed by atoms with E-state index >= 15 is 0 Å². The third-order valence-electron chi connectivity index (χ3n) is 2.02. The maximum absolute atomic E-state index is 11.3. The minimum absolute atomic E-state index is 0.0154. The Kier molecular flexibility index (Phi) is 5.62. The lowest BCUT2D eigenvalue weighted by molar-refractivity contribution is -0.120. The van der Waals surface area contributed by atoms with Crippen LogP contribution in [0.4, 0.5) is 11.9 Å². The molecule has 1 aromatic rings. The Morgan fingerprint density at radius 2 is 2.11 bits per heavy atom. The maximum Gasteiger partial charge on any atom is 0.322 e. The molecule has 4 N–H and O–H groups in total. The molecule has 1 aromatic heterocycles. The van der Waals surface area contributed by atoms with E-state index in [9.17, 15) is 4.79 Å². The van der Waals surface area contributed by atoms with Gasteiger partial charge in [0.05, 0.1) is 7.11 Å². The van der Waals surface area contributed by atoms with E-state index in [4.69, 9.17) is 10.5 Å². The van der Waals surface area contributed by atoms with Crippen LogP contribution in [0.5, 0.6) is 6.01 Å². The molecule has 0 spiro atoms. The maximum atomic E-state index is 11.3. The predicted molar refractivity (Wildman–Crippen MR) is 67.2 cm³/mol. The van der Waals surface area contributed by atoms with E-state index in [1.54, 1.807) is 0 Å². The molecule has 0 aromatic carbocycles. The monoisotopic (exact) mass is 254 g/mol. The van der Waals surface area contributed by atoms with E-state index in [-0.39, 0.29) is 17.9 Å². The summed E-state index contributed by atoms with van der Waals surface area (Å²) < 4.78 is 4.85. The fourth-order valence-electron chi connectivity index (χ4n) is 1.18. The summed E-state index contributed by atoms with van der Waals surface area (Å²) in [6, 6.07) is 0.139. The van der Waals surface area contributed by atoms with Crippen LogP contribution in [0.2, 0.25) is 0 Å². The number of hydrogen-bond donors (Lipinski definition) is 3. The second kappa shape index (κ2) is 7.25. The van der Waals surface area contributed by atoms with Crippen molar-refractivity contribution in [2.45, 2.75) is 19.8 Å². The van der Waals surface area contributed by atoms with Gasteiger partial charge >= 0.3 is 6.01 Å². The molecule has 18 heavy (non-hydrogen) atoms. The van der Waals surface area contributed by atoms with Crippen LogP contribution in [0.1, 0.15) is 19.8 Å².